The van der Waals surface area contributed by atoms with E-state index in [4.69, 9.17) is 8.84 Å². The summed E-state index contributed by atoms with van der Waals surface area (Å²) in [5, 5.41) is 23.9. The molecule has 4 rings (SSSR count). The molecular formula is C24H32N4O6Si. The summed E-state index contributed by atoms with van der Waals surface area (Å²) in [7, 11) is -1.80. The Morgan fingerprint density at radius 3 is 2.40 bits per heavy atom. The second kappa shape index (κ2) is 9.12. The van der Waals surface area contributed by atoms with Gasteiger partial charge >= 0.3 is 12.2 Å². The predicted molar refractivity (Wildman–Crippen MR) is 133 cm³/mol. The Labute approximate surface area is 204 Å². The number of aromatic nitrogens is 3. The summed E-state index contributed by atoms with van der Waals surface area (Å²) in [5.41, 5.74) is 1.57. The van der Waals surface area contributed by atoms with Crippen LogP contribution < -0.4 is 4.90 Å². The van der Waals surface area contributed by atoms with Crippen LogP contribution in [-0.2, 0) is 4.43 Å². The van der Waals surface area contributed by atoms with Crippen molar-refractivity contribution < 1.29 is 28.6 Å². The highest BCUT2D eigenvalue weighted by Gasteiger charge is 2.40. The molecule has 1 aliphatic carbocycles. The molecule has 10 nitrogen and oxygen atoms in total. The first-order valence-electron chi connectivity index (χ1n) is 11.7. The molecule has 0 aliphatic heterocycles. The number of nitrogens with zero attached hydrogens (tertiary/aromatic N) is 4. The highest BCUT2D eigenvalue weighted by atomic mass is 28.4. The molecule has 1 aliphatic rings. The Bertz CT molecular complexity index is 1220. The first-order chi connectivity index (χ1) is 16.4. The quantitative estimate of drug-likeness (QED) is 0.387. The lowest BCUT2D eigenvalue weighted by Crippen LogP contribution is -2.44. The van der Waals surface area contributed by atoms with E-state index in [2.05, 4.69) is 43.9 Å². The Hall–Kier alpha value is -3.18. The van der Waals surface area contributed by atoms with Crippen molar-refractivity contribution in [2.24, 2.45) is 0 Å². The van der Waals surface area contributed by atoms with Crippen molar-refractivity contribution in [1.29, 1.82) is 0 Å². The van der Waals surface area contributed by atoms with Gasteiger partial charge in [0, 0.05) is 35.0 Å². The molecule has 2 amide bonds. The molecule has 3 aromatic heterocycles. The van der Waals surface area contributed by atoms with Crippen molar-refractivity contribution in [3.8, 4) is 11.1 Å². The summed E-state index contributed by atoms with van der Waals surface area (Å²) in [6.07, 6.45) is 7.46. The lowest BCUT2D eigenvalue weighted by atomic mass is 9.93. The fourth-order valence-corrected chi connectivity index (χ4v) is 5.72. The number of amides is 2. The number of fused-ring (bicyclic) bond motifs is 1. The molecular weight excluding hydrogens is 468 g/mol. The van der Waals surface area contributed by atoms with Crippen molar-refractivity contribution in [2.45, 2.75) is 76.7 Å². The van der Waals surface area contributed by atoms with E-state index in [9.17, 15) is 19.8 Å². The van der Waals surface area contributed by atoms with E-state index in [-0.39, 0.29) is 33.5 Å². The summed E-state index contributed by atoms with van der Waals surface area (Å²) in [6, 6.07) is 1.93. The lowest BCUT2D eigenvalue weighted by molar-refractivity contribution is 0.115. The molecule has 11 heteroatoms. The third kappa shape index (κ3) is 4.83. The molecule has 3 heterocycles. The van der Waals surface area contributed by atoms with Gasteiger partial charge in [-0.1, -0.05) is 20.8 Å². The minimum absolute atomic E-state index is 0.0864. The maximum atomic E-state index is 11.4. The monoisotopic (exact) mass is 500 g/mol. The average Bonchev–Trinajstić information content (AvgIpc) is 3.43. The molecule has 1 fully saturated rings. The first-order valence-corrected chi connectivity index (χ1v) is 14.6. The molecule has 0 bridgehead atoms. The second-order valence-electron chi connectivity index (χ2n) is 10.6. The normalized spacial score (nSPS) is 19.1. The highest BCUT2D eigenvalue weighted by molar-refractivity contribution is 6.74. The van der Waals surface area contributed by atoms with E-state index in [0.29, 0.717) is 10.9 Å². The maximum Gasteiger partial charge on any atom is 0.422 e. The third-order valence-electron chi connectivity index (χ3n) is 7.27. The van der Waals surface area contributed by atoms with Crippen LogP contribution in [0.4, 0.5) is 15.4 Å². The van der Waals surface area contributed by atoms with Crippen molar-refractivity contribution in [1.82, 2.24) is 14.8 Å². The molecule has 0 aromatic carbocycles. The zero-order valence-corrected chi connectivity index (χ0v) is 21.7. The second-order valence-corrected chi connectivity index (χ2v) is 15.3. The van der Waals surface area contributed by atoms with Crippen molar-refractivity contribution >= 4 is 37.3 Å². The van der Waals surface area contributed by atoms with Gasteiger partial charge in [-0.25, -0.2) is 14.6 Å². The standard InChI is InChI=1S/C24H32N4O6Si/c1-24(2,3)35(4,5)34-17-8-6-16(7-9-17)27-14-15(12-26-27)19-13-25-21(20-18(19)10-11-33-20)28(22(29)30)23(31)32/h10-14,16-17H,6-9H2,1-5H3,(H,29,30)(H,31,32)/t16-,17-. The van der Waals surface area contributed by atoms with E-state index in [1.807, 2.05) is 10.9 Å². The maximum absolute atomic E-state index is 11.4. The van der Waals surface area contributed by atoms with Gasteiger partial charge in [-0.3, -0.25) is 4.68 Å². The number of rotatable bonds is 5. The fourth-order valence-electron chi connectivity index (χ4n) is 4.30. The van der Waals surface area contributed by atoms with Crippen LogP contribution in [0.25, 0.3) is 22.1 Å². The van der Waals surface area contributed by atoms with Crippen LogP contribution in [0.15, 0.2) is 35.3 Å². The van der Waals surface area contributed by atoms with E-state index in [1.165, 1.54) is 12.5 Å². The lowest BCUT2D eigenvalue weighted by Gasteiger charge is -2.41. The number of carbonyl (C=O) groups is 2. The van der Waals surface area contributed by atoms with Crippen LogP contribution in [0.5, 0.6) is 0 Å². The van der Waals surface area contributed by atoms with Crippen LogP contribution in [-0.4, -0.2) is 51.6 Å². The predicted octanol–water partition coefficient (Wildman–Crippen LogP) is 6.36. The van der Waals surface area contributed by atoms with Gasteiger partial charge in [0.05, 0.1) is 18.5 Å². The van der Waals surface area contributed by atoms with Crippen molar-refractivity contribution in [3.63, 3.8) is 0 Å². The van der Waals surface area contributed by atoms with Gasteiger partial charge in [-0.2, -0.15) is 10.00 Å². The summed E-state index contributed by atoms with van der Waals surface area (Å²) in [5.74, 6) is -0.291. The van der Waals surface area contributed by atoms with E-state index >= 15 is 0 Å². The summed E-state index contributed by atoms with van der Waals surface area (Å²) in [4.78, 5) is 27.1. The smallest absolute Gasteiger partial charge is 0.422 e. The van der Waals surface area contributed by atoms with Crippen molar-refractivity contribution in [2.75, 3.05) is 4.90 Å². The van der Waals surface area contributed by atoms with Gasteiger partial charge in [0.2, 0.25) is 0 Å². The van der Waals surface area contributed by atoms with E-state index in [0.717, 1.165) is 31.2 Å². The summed E-state index contributed by atoms with van der Waals surface area (Å²) in [6.45, 7) is 11.4. The minimum atomic E-state index is -1.80. The number of anilines is 1. The van der Waals surface area contributed by atoms with E-state index < -0.39 is 20.5 Å². The van der Waals surface area contributed by atoms with Crippen LogP contribution in [0.2, 0.25) is 18.1 Å². The molecule has 0 spiro atoms. The number of furan rings is 1. The number of hydrogen-bond donors (Lipinski definition) is 2. The number of pyridine rings is 1. The molecule has 2 N–H and O–H groups in total. The molecule has 0 saturated heterocycles. The SMILES string of the molecule is CC(C)(C)[Si](C)(C)O[C@H]1CC[C@H](n2cc(-c3cnc(N(C(=O)O)C(=O)O)c4occc34)cn2)CC1. The van der Waals surface area contributed by atoms with Gasteiger partial charge < -0.3 is 19.1 Å². The fraction of sp³-hybridized carbons (Fsp3) is 0.500. The minimum Gasteiger partial charge on any atom is -0.464 e. The van der Waals surface area contributed by atoms with Crippen LogP contribution >= 0.6 is 0 Å². The van der Waals surface area contributed by atoms with Gasteiger partial charge in [-0.15, -0.1) is 0 Å². The van der Waals surface area contributed by atoms with Gasteiger partial charge in [0.1, 0.15) is 0 Å². The number of carboxylic acid groups (broad SMARTS) is 2. The molecule has 0 unspecified atom stereocenters. The van der Waals surface area contributed by atoms with Crippen LogP contribution in [0.1, 0.15) is 52.5 Å². The van der Waals surface area contributed by atoms with Crippen LogP contribution in [0, 0.1) is 0 Å². The van der Waals surface area contributed by atoms with Gasteiger partial charge in [-0.05, 0) is 49.9 Å². The molecule has 3 aromatic rings. The summed E-state index contributed by atoms with van der Waals surface area (Å²) >= 11 is 0. The Balaban J connectivity index is 1.52. The van der Waals surface area contributed by atoms with Crippen molar-refractivity contribution in [3.05, 3.63) is 30.9 Å². The van der Waals surface area contributed by atoms with Crippen LogP contribution in [0.3, 0.4) is 0 Å². The average molecular weight is 501 g/mol. The van der Waals surface area contributed by atoms with Gasteiger partial charge in [0.15, 0.2) is 19.7 Å². The number of hydrogen-bond acceptors (Lipinski definition) is 6. The Morgan fingerprint density at radius 1 is 1.14 bits per heavy atom. The van der Waals surface area contributed by atoms with Gasteiger partial charge in [0.25, 0.3) is 0 Å². The Morgan fingerprint density at radius 2 is 1.80 bits per heavy atom. The highest BCUT2D eigenvalue weighted by Crippen LogP contribution is 2.41. The first kappa shape index (κ1) is 24.9. The summed E-state index contributed by atoms with van der Waals surface area (Å²) < 4.78 is 14.0. The largest absolute Gasteiger partial charge is 0.464 e. The third-order valence-corrected chi connectivity index (χ3v) is 11.8. The molecule has 188 valence electrons. The van der Waals surface area contributed by atoms with E-state index in [1.54, 1.807) is 12.3 Å². The molecule has 0 atom stereocenters. The zero-order chi connectivity index (χ0) is 25.5. The number of imide groups is 1. The Kier molecular flexibility index (Phi) is 6.49. The topological polar surface area (TPSA) is 131 Å². The molecule has 1 saturated carbocycles. The molecule has 0 radical (unpaired) electrons. The zero-order valence-electron chi connectivity index (χ0n) is 20.7. The molecule has 35 heavy (non-hydrogen) atoms.